The van der Waals surface area contributed by atoms with Gasteiger partial charge in [0.1, 0.15) is 0 Å². The van der Waals surface area contributed by atoms with E-state index in [1.165, 1.54) is 0 Å². The van der Waals surface area contributed by atoms with E-state index in [-0.39, 0.29) is 0 Å². The Morgan fingerprint density at radius 2 is 2.00 bits per heavy atom. The van der Waals surface area contributed by atoms with Crippen molar-refractivity contribution >= 4 is 46.5 Å². The minimum Gasteiger partial charge on any atom is -0.331 e. The normalized spacial score (nSPS) is 19.6. The first-order valence-corrected chi connectivity index (χ1v) is 7.07. The van der Waals surface area contributed by atoms with E-state index in [4.69, 9.17) is 35.4 Å². The van der Waals surface area contributed by atoms with E-state index < -0.39 is 0 Å². The Labute approximate surface area is 120 Å². The summed E-state index contributed by atoms with van der Waals surface area (Å²) in [6.07, 6.45) is 7.66. The van der Waals surface area contributed by atoms with Crippen LogP contribution in [0.4, 0.5) is 0 Å². The van der Waals surface area contributed by atoms with Crippen molar-refractivity contribution in [3.05, 3.63) is 39.1 Å². The van der Waals surface area contributed by atoms with Crippen LogP contribution in [-0.4, -0.2) is 9.55 Å². The van der Waals surface area contributed by atoms with Gasteiger partial charge in [-0.1, -0.05) is 35.4 Å². The first-order chi connectivity index (χ1) is 8.66. The van der Waals surface area contributed by atoms with Crippen LogP contribution in [0.1, 0.15) is 25.3 Å². The molecule has 0 spiro atoms. The Balaban J connectivity index is 2.22. The topological polar surface area (TPSA) is 20.7 Å². The number of allylic oxidation sites excluding steroid dienone is 2. The molecule has 0 fully saturated rings. The number of halogens is 2. The SMILES string of the molecule is S=c1[nH]c2cc(Cl)c(Cl)cc2n1C1CC=CCC1. The number of hydrogen-bond acceptors (Lipinski definition) is 1. The van der Waals surface area contributed by atoms with Crippen molar-refractivity contribution in [3.8, 4) is 0 Å². The summed E-state index contributed by atoms with van der Waals surface area (Å²) in [5, 5.41) is 1.12. The molecule has 1 aromatic heterocycles. The summed E-state index contributed by atoms with van der Waals surface area (Å²) in [5.41, 5.74) is 1.98. The summed E-state index contributed by atoms with van der Waals surface area (Å²) in [6.45, 7) is 0. The third kappa shape index (κ3) is 2.00. The lowest BCUT2D eigenvalue weighted by Gasteiger charge is -2.20. The van der Waals surface area contributed by atoms with E-state index in [0.717, 1.165) is 35.1 Å². The van der Waals surface area contributed by atoms with Crippen LogP contribution in [0.5, 0.6) is 0 Å². The molecule has 0 amide bonds. The number of nitrogens with zero attached hydrogens (tertiary/aromatic N) is 1. The molecule has 1 unspecified atom stereocenters. The third-order valence-electron chi connectivity index (χ3n) is 3.37. The van der Waals surface area contributed by atoms with E-state index in [1.54, 1.807) is 0 Å². The van der Waals surface area contributed by atoms with Gasteiger partial charge in [0.2, 0.25) is 0 Å². The van der Waals surface area contributed by atoms with Gasteiger partial charge in [-0.15, -0.1) is 0 Å². The highest BCUT2D eigenvalue weighted by molar-refractivity contribution is 7.71. The second kappa shape index (κ2) is 4.72. The van der Waals surface area contributed by atoms with Gasteiger partial charge in [-0.3, -0.25) is 0 Å². The number of H-pyrrole nitrogens is 1. The Morgan fingerprint density at radius 1 is 1.22 bits per heavy atom. The molecular formula is C13H12Cl2N2S. The van der Waals surface area contributed by atoms with E-state index in [9.17, 15) is 0 Å². The van der Waals surface area contributed by atoms with Crippen molar-refractivity contribution < 1.29 is 0 Å². The van der Waals surface area contributed by atoms with Crippen molar-refractivity contribution in [1.29, 1.82) is 0 Å². The molecule has 3 rings (SSSR count). The highest BCUT2D eigenvalue weighted by Gasteiger charge is 2.17. The van der Waals surface area contributed by atoms with Crippen LogP contribution in [0.15, 0.2) is 24.3 Å². The van der Waals surface area contributed by atoms with E-state index in [1.807, 2.05) is 12.1 Å². The van der Waals surface area contributed by atoms with Gasteiger partial charge in [0.25, 0.3) is 0 Å². The summed E-state index contributed by atoms with van der Waals surface area (Å²) in [5.74, 6) is 0. The molecule has 1 aliphatic carbocycles. The zero-order valence-corrected chi connectivity index (χ0v) is 11.9. The highest BCUT2D eigenvalue weighted by Crippen LogP contribution is 2.32. The molecule has 1 N–H and O–H groups in total. The number of imidazole rings is 1. The number of aromatic amines is 1. The fraction of sp³-hybridized carbons (Fsp3) is 0.308. The number of fused-ring (bicyclic) bond motifs is 1. The van der Waals surface area contributed by atoms with E-state index >= 15 is 0 Å². The molecule has 0 bridgehead atoms. The molecule has 1 aliphatic rings. The summed E-state index contributed by atoms with van der Waals surface area (Å²) in [6, 6.07) is 4.14. The summed E-state index contributed by atoms with van der Waals surface area (Å²) in [4.78, 5) is 3.20. The van der Waals surface area contributed by atoms with Crippen LogP contribution in [0.25, 0.3) is 11.0 Å². The molecular weight excluding hydrogens is 287 g/mol. The monoisotopic (exact) mass is 298 g/mol. The van der Waals surface area contributed by atoms with E-state index in [0.29, 0.717) is 16.1 Å². The average molecular weight is 299 g/mol. The second-order valence-electron chi connectivity index (χ2n) is 4.52. The molecule has 0 saturated carbocycles. The minimum absolute atomic E-state index is 0.411. The molecule has 18 heavy (non-hydrogen) atoms. The lowest BCUT2D eigenvalue weighted by molar-refractivity contribution is 0.467. The predicted molar refractivity (Wildman–Crippen MR) is 79.2 cm³/mol. The highest BCUT2D eigenvalue weighted by atomic mass is 35.5. The number of hydrogen-bond donors (Lipinski definition) is 1. The number of rotatable bonds is 1. The Bertz CT molecular complexity index is 684. The summed E-state index contributed by atoms with van der Waals surface area (Å²) >= 11 is 17.5. The molecule has 2 nitrogen and oxygen atoms in total. The van der Waals surface area contributed by atoms with Crippen molar-refractivity contribution in [1.82, 2.24) is 9.55 Å². The maximum absolute atomic E-state index is 6.10. The fourth-order valence-corrected chi connectivity index (χ4v) is 3.17. The third-order valence-corrected chi connectivity index (χ3v) is 4.39. The van der Waals surface area contributed by atoms with Crippen LogP contribution in [0, 0.1) is 4.77 Å². The largest absolute Gasteiger partial charge is 0.331 e. The minimum atomic E-state index is 0.411. The van der Waals surface area contributed by atoms with Gasteiger partial charge in [-0.2, -0.15) is 0 Å². The Kier molecular flexibility index (Phi) is 3.22. The van der Waals surface area contributed by atoms with Gasteiger partial charge in [-0.05, 0) is 43.6 Å². The van der Waals surface area contributed by atoms with Crippen LogP contribution >= 0.6 is 35.4 Å². The van der Waals surface area contributed by atoms with Crippen LogP contribution in [-0.2, 0) is 0 Å². The fourth-order valence-electron chi connectivity index (χ4n) is 2.50. The quantitative estimate of drug-likeness (QED) is 0.560. The molecule has 5 heteroatoms. The molecule has 1 aromatic carbocycles. The number of benzene rings is 1. The van der Waals surface area contributed by atoms with Crippen molar-refractivity contribution in [2.24, 2.45) is 0 Å². The predicted octanol–water partition coefficient (Wildman–Crippen LogP) is 5.29. The number of aromatic nitrogens is 2. The molecule has 1 atom stereocenters. The van der Waals surface area contributed by atoms with Gasteiger partial charge in [0, 0.05) is 6.04 Å². The standard InChI is InChI=1S/C13H12Cl2N2S/c14-9-6-11-12(7-10(9)15)17(13(18)16-11)8-4-2-1-3-5-8/h1-2,6-8H,3-5H2,(H,16,18). The van der Waals surface area contributed by atoms with Crippen molar-refractivity contribution in [2.45, 2.75) is 25.3 Å². The first kappa shape index (κ1) is 12.3. The van der Waals surface area contributed by atoms with Gasteiger partial charge in [-0.25, -0.2) is 0 Å². The smallest absolute Gasteiger partial charge is 0.178 e. The van der Waals surface area contributed by atoms with E-state index in [2.05, 4.69) is 21.7 Å². The van der Waals surface area contributed by atoms with Crippen LogP contribution in [0.3, 0.4) is 0 Å². The maximum atomic E-state index is 6.10. The molecule has 0 radical (unpaired) electrons. The molecule has 0 saturated heterocycles. The lowest BCUT2D eigenvalue weighted by atomic mass is 10.0. The van der Waals surface area contributed by atoms with Gasteiger partial charge < -0.3 is 9.55 Å². The van der Waals surface area contributed by atoms with Crippen molar-refractivity contribution in [2.75, 3.05) is 0 Å². The molecule has 0 aliphatic heterocycles. The second-order valence-corrected chi connectivity index (χ2v) is 5.72. The van der Waals surface area contributed by atoms with Crippen molar-refractivity contribution in [3.63, 3.8) is 0 Å². The van der Waals surface area contributed by atoms with Crippen LogP contribution < -0.4 is 0 Å². The maximum Gasteiger partial charge on any atom is 0.178 e. The zero-order valence-electron chi connectivity index (χ0n) is 9.62. The summed E-state index contributed by atoms with van der Waals surface area (Å²) in [7, 11) is 0. The van der Waals surface area contributed by atoms with Crippen LogP contribution in [0.2, 0.25) is 10.0 Å². The van der Waals surface area contributed by atoms with Gasteiger partial charge >= 0.3 is 0 Å². The first-order valence-electron chi connectivity index (χ1n) is 5.91. The lowest BCUT2D eigenvalue weighted by Crippen LogP contribution is -2.10. The summed E-state index contributed by atoms with van der Waals surface area (Å²) < 4.78 is 2.90. The number of nitrogens with one attached hydrogen (secondary N) is 1. The van der Waals surface area contributed by atoms with Gasteiger partial charge in [0.15, 0.2) is 4.77 Å². The average Bonchev–Trinajstić information content (AvgIpc) is 2.66. The molecule has 94 valence electrons. The Hall–Kier alpha value is -0.770. The molecule has 2 aromatic rings. The zero-order chi connectivity index (χ0) is 12.7. The van der Waals surface area contributed by atoms with Gasteiger partial charge in [0.05, 0.1) is 21.1 Å². The Morgan fingerprint density at radius 3 is 2.72 bits per heavy atom. The molecule has 1 heterocycles.